The molecule has 4 heteroatoms. The molecule has 0 unspecified atom stereocenters. The molecule has 0 aromatic carbocycles. The lowest BCUT2D eigenvalue weighted by Crippen LogP contribution is -2.08. The number of carbonyl (C=O) groups is 1. The van der Waals surface area contributed by atoms with Crippen LogP contribution in [0.2, 0.25) is 0 Å². The van der Waals surface area contributed by atoms with Gasteiger partial charge in [-0.3, -0.25) is 4.79 Å². The van der Waals surface area contributed by atoms with Crippen molar-refractivity contribution in [2.45, 2.75) is 64.2 Å². The average Bonchev–Trinajstić information content (AvgIpc) is 2.77. The smallest absolute Gasteiger partial charge is 0.311 e. The maximum atomic E-state index is 11.4. The van der Waals surface area contributed by atoms with Gasteiger partial charge in [0.1, 0.15) is 0 Å². The summed E-state index contributed by atoms with van der Waals surface area (Å²) in [4.78, 5) is 16.1. The van der Waals surface area contributed by atoms with E-state index < -0.39 is 0 Å². The SMILES string of the molecule is CCOC(=O)Cc1csc(C2CCCCCCC2)n1. The van der Waals surface area contributed by atoms with Gasteiger partial charge in [-0.25, -0.2) is 4.98 Å². The van der Waals surface area contributed by atoms with Gasteiger partial charge in [0.05, 0.1) is 23.7 Å². The van der Waals surface area contributed by atoms with Gasteiger partial charge in [0.2, 0.25) is 0 Å². The molecule has 19 heavy (non-hydrogen) atoms. The van der Waals surface area contributed by atoms with E-state index in [0.29, 0.717) is 18.9 Å². The molecule has 1 aliphatic rings. The third kappa shape index (κ3) is 4.60. The highest BCUT2D eigenvalue weighted by molar-refractivity contribution is 7.09. The van der Waals surface area contributed by atoms with Crippen LogP contribution in [0.15, 0.2) is 5.38 Å². The first-order chi connectivity index (χ1) is 9.29. The number of rotatable bonds is 4. The average molecular weight is 281 g/mol. The Morgan fingerprint density at radius 2 is 2.00 bits per heavy atom. The van der Waals surface area contributed by atoms with E-state index in [4.69, 9.17) is 4.74 Å². The van der Waals surface area contributed by atoms with Crippen molar-refractivity contribution in [2.75, 3.05) is 6.61 Å². The summed E-state index contributed by atoms with van der Waals surface area (Å²) in [6, 6.07) is 0. The Bertz CT molecular complexity index is 395. The molecule has 1 aromatic rings. The second-order valence-electron chi connectivity index (χ2n) is 5.20. The van der Waals surface area contributed by atoms with Crippen LogP contribution in [0.5, 0.6) is 0 Å². The number of ether oxygens (including phenoxy) is 1. The molecule has 1 fully saturated rings. The number of nitrogens with zero attached hydrogens (tertiary/aromatic N) is 1. The lowest BCUT2D eigenvalue weighted by atomic mass is 9.92. The molecule has 3 nitrogen and oxygen atoms in total. The standard InChI is InChI=1S/C15H23NO2S/c1-2-18-14(17)10-13-11-19-15(16-13)12-8-6-4-3-5-7-9-12/h11-12H,2-10H2,1H3. The van der Waals surface area contributed by atoms with E-state index in [1.807, 2.05) is 12.3 Å². The largest absolute Gasteiger partial charge is 0.466 e. The molecule has 0 aliphatic heterocycles. The molecular weight excluding hydrogens is 258 g/mol. The Balaban J connectivity index is 1.93. The zero-order valence-corrected chi connectivity index (χ0v) is 12.5. The molecule has 1 heterocycles. The van der Waals surface area contributed by atoms with E-state index in [1.165, 1.54) is 50.0 Å². The van der Waals surface area contributed by atoms with Gasteiger partial charge >= 0.3 is 5.97 Å². The van der Waals surface area contributed by atoms with E-state index >= 15 is 0 Å². The summed E-state index contributed by atoms with van der Waals surface area (Å²) in [5.74, 6) is 0.443. The number of aromatic nitrogens is 1. The van der Waals surface area contributed by atoms with E-state index in [9.17, 15) is 4.79 Å². The predicted octanol–water partition coefficient (Wildman–Crippen LogP) is 4.08. The number of thiazole rings is 1. The van der Waals surface area contributed by atoms with Crippen LogP contribution in [0.1, 0.15) is 68.5 Å². The van der Waals surface area contributed by atoms with Crippen LogP contribution >= 0.6 is 11.3 Å². The second kappa shape index (κ2) is 7.63. The van der Waals surface area contributed by atoms with Crippen LogP contribution in [0.25, 0.3) is 0 Å². The van der Waals surface area contributed by atoms with Gasteiger partial charge < -0.3 is 4.74 Å². The maximum Gasteiger partial charge on any atom is 0.311 e. The molecule has 0 atom stereocenters. The van der Waals surface area contributed by atoms with Crippen LogP contribution < -0.4 is 0 Å². The Labute approximate surface area is 119 Å². The fourth-order valence-electron chi connectivity index (χ4n) is 2.65. The summed E-state index contributed by atoms with van der Waals surface area (Å²) >= 11 is 1.71. The normalized spacial score (nSPS) is 17.7. The fraction of sp³-hybridized carbons (Fsp3) is 0.733. The summed E-state index contributed by atoms with van der Waals surface area (Å²) in [6.45, 7) is 2.28. The van der Waals surface area contributed by atoms with Crippen molar-refractivity contribution in [1.82, 2.24) is 4.98 Å². The molecule has 0 N–H and O–H groups in total. The van der Waals surface area contributed by atoms with Crippen LogP contribution in [-0.4, -0.2) is 17.6 Å². The summed E-state index contributed by atoms with van der Waals surface area (Å²) < 4.78 is 4.96. The van der Waals surface area contributed by atoms with Crippen molar-refractivity contribution in [2.24, 2.45) is 0 Å². The molecule has 1 saturated carbocycles. The van der Waals surface area contributed by atoms with Crippen molar-refractivity contribution in [3.63, 3.8) is 0 Å². The van der Waals surface area contributed by atoms with Crippen LogP contribution in [-0.2, 0) is 16.0 Å². The van der Waals surface area contributed by atoms with Gasteiger partial charge in [0.25, 0.3) is 0 Å². The number of carbonyl (C=O) groups excluding carboxylic acids is 1. The third-order valence-corrected chi connectivity index (χ3v) is 4.71. The minimum Gasteiger partial charge on any atom is -0.466 e. The summed E-state index contributed by atoms with van der Waals surface area (Å²) in [5.41, 5.74) is 0.875. The maximum absolute atomic E-state index is 11.4. The topological polar surface area (TPSA) is 39.2 Å². The van der Waals surface area contributed by atoms with Crippen LogP contribution in [0.3, 0.4) is 0 Å². The third-order valence-electron chi connectivity index (χ3n) is 3.65. The molecule has 0 spiro atoms. The zero-order chi connectivity index (χ0) is 13.5. The molecule has 0 saturated heterocycles. The van der Waals surface area contributed by atoms with Crippen LogP contribution in [0.4, 0.5) is 0 Å². The van der Waals surface area contributed by atoms with Crippen molar-refractivity contribution >= 4 is 17.3 Å². The lowest BCUT2D eigenvalue weighted by Gasteiger charge is -2.17. The van der Waals surface area contributed by atoms with Crippen molar-refractivity contribution in [3.05, 3.63) is 16.1 Å². The first kappa shape index (κ1) is 14.5. The molecule has 0 bridgehead atoms. The second-order valence-corrected chi connectivity index (χ2v) is 6.09. The molecule has 0 amide bonds. The first-order valence-electron chi connectivity index (χ1n) is 7.39. The molecule has 1 aliphatic carbocycles. The highest BCUT2D eigenvalue weighted by Crippen LogP contribution is 2.32. The van der Waals surface area contributed by atoms with Gasteiger partial charge in [-0.1, -0.05) is 32.1 Å². The number of esters is 1. The van der Waals surface area contributed by atoms with Crippen LogP contribution in [0, 0.1) is 0 Å². The van der Waals surface area contributed by atoms with E-state index in [-0.39, 0.29) is 5.97 Å². The lowest BCUT2D eigenvalue weighted by molar-refractivity contribution is -0.142. The minimum atomic E-state index is -0.169. The molecule has 1 aromatic heterocycles. The highest BCUT2D eigenvalue weighted by atomic mass is 32.1. The van der Waals surface area contributed by atoms with Crippen molar-refractivity contribution in [1.29, 1.82) is 0 Å². The zero-order valence-electron chi connectivity index (χ0n) is 11.7. The quantitative estimate of drug-likeness (QED) is 0.781. The van der Waals surface area contributed by atoms with Gasteiger partial charge in [-0.15, -0.1) is 11.3 Å². The fourth-order valence-corrected chi connectivity index (χ4v) is 3.65. The minimum absolute atomic E-state index is 0.169. The summed E-state index contributed by atoms with van der Waals surface area (Å²) in [7, 11) is 0. The Morgan fingerprint density at radius 1 is 1.32 bits per heavy atom. The van der Waals surface area contributed by atoms with E-state index in [2.05, 4.69) is 4.98 Å². The first-order valence-corrected chi connectivity index (χ1v) is 8.27. The molecule has 2 rings (SSSR count). The Morgan fingerprint density at radius 3 is 2.68 bits per heavy atom. The predicted molar refractivity (Wildman–Crippen MR) is 77.5 cm³/mol. The Hall–Kier alpha value is -0.900. The molecule has 0 radical (unpaired) electrons. The van der Waals surface area contributed by atoms with E-state index in [1.54, 1.807) is 11.3 Å². The monoisotopic (exact) mass is 281 g/mol. The molecule has 106 valence electrons. The summed E-state index contributed by atoms with van der Waals surface area (Å²) in [5, 5.41) is 3.24. The van der Waals surface area contributed by atoms with Crippen molar-refractivity contribution < 1.29 is 9.53 Å². The van der Waals surface area contributed by atoms with E-state index in [0.717, 1.165) is 5.69 Å². The van der Waals surface area contributed by atoms with Gasteiger partial charge in [-0.05, 0) is 19.8 Å². The molecular formula is C15H23NO2S. The van der Waals surface area contributed by atoms with Crippen molar-refractivity contribution in [3.8, 4) is 0 Å². The number of hydrogen-bond donors (Lipinski definition) is 0. The highest BCUT2D eigenvalue weighted by Gasteiger charge is 2.17. The summed E-state index contributed by atoms with van der Waals surface area (Å²) in [6.07, 6.45) is 9.57. The van der Waals surface area contributed by atoms with Gasteiger partial charge in [0, 0.05) is 11.3 Å². The van der Waals surface area contributed by atoms with Gasteiger partial charge in [-0.2, -0.15) is 0 Å². The number of hydrogen-bond acceptors (Lipinski definition) is 4. The Kier molecular flexibility index (Phi) is 5.83. The van der Waals surface area contributed by atoms with Gasteiger partial charge in [0.15, 0.2) is 0 Å².